The van der Waals surface area contributed by atoms with Crippen molar-refractivity contribution in [1.29, 1.82) is 0 Å². The summed E-state index contributed by atoms with van der Waals surface area (Å²) in [5.41, 5.74) is 2.72. The van der Waals surface area contributed by atoms with Gasteiger partial charge in [-0.25, -0.2) is 0 Å². The second kappa shape index (κ2) is 7.53. The number of hydrazone groups is 1. The third-order valence-electron chi connectivity index (χ3n) is 6.10. The lowest BCUT2D eigenvalue weighted by atomic mass is 9.62. The molecule has 2 atom stereocenters. The molecule has 0 unspecified atom stereocenters. The molecular weight excluding hydrogens is 402 g/mol. The van der Waals surface area contributed by atoms with E-state index >= 15 is 0 Å². The van der Waals surface area contributed by atoms with Gasteiger partial charge in [-0.2, -0.15) is 5.10 Å². The average molecular weight is 424 g/mol. The van der Waals surface area contributed by atoms with Crippen LogP contribution in [0.5, 0.6) is 0 Å². The van der Waals surface area contributed by atoms with E-state index < -0.39 is 5.41 Å². The summed E-state index contributed by atoms with van der Waals surface area (Å²) in [5.74, 6) is -0.0932. The highest BCUT2D eigenvalue weighted by atomic mass is 35.5. The summed E-state index contributed by atoms with van der Waals surface area (Å²) >= 11 is 12.5. The van der Waals surface area contributed by atoms with Crippen LogP contribution in [0.2, 0.25) is 5.02 Å². The normalized spacial score (nSPS) is 26.7. The molecule has 2 aliphatic rings. The number of carbonyl (C=O) groups excluding carboxylic acids is 2. The molecule has 1 aliphatic heterocycles. The van der Waals surface area contributed by atoms with Crippen LogP contribution in [-0.4, -0.2) is 33.1 Å². The van der Waals surface area contributed by atoms with E-state index in [1.54, 1.807) is 12.3 Å². The van der Waals surface area contributed by atoms with Crippen LogP contribution in [0.1, 0.15) is 39.2 Å². The Kier molecular flexibility index (Phi) is 5.66. The van der Waals surface area contributed by atoms with Crippen LogP contribution in [0.3, 0.4) is 0 Å². The van der Waals surface area contributed by atoms with E-state index in [1.807, 2.05) is 39.0 Å². The van der Waals surface area contributed by atoms with E-state index in [9.17, 15) is 9.59 Å². The predicted octanol–water partition coefficient (Wildman–Crippen LogP) is 4.05. The minimum atomic E-state index is -0.497. The number of hydrogen-bond acceptors (Lipinski definition) is 5. The van der Waals surface area contributed by atoms with Gasteiger partial charge in [0.1, 0.15) is 0 Å². The second-order valence-electron chi connectivity index (χ2n) is 7.67. The molecule has 0 radical (unpaired) electrons. The smallest absolute Gasteiger partial charge is 0.236 e. The lowest BCUT2D eigenvalue weighted by Gasteiger charge is -2.47. The van der Waals surface area contributed by atoms with Gasteiger partial charge in [-0.3, -0.25) is 19.9 Å². The zero-order valence-electron chi connectivity index (χ0n) is 15.5. The van der Waals surface area contributed by atoms with Gasteiger partial charge in [-0.05, 0) is 24.3 Å². The van der Waals surface area contributed by atoms with E-state index in [4.69, 9.17) is 23.8 Å². The van der Waals surface area contributed by atoms with Gasteiger partial charge in [0.2, 0.25) is 11.8 Å². The van der Waals surface area contributed by atoms with Crippen molar-refractivity contribution in [3.63, 3.8) is 0 Å². The first-order chi connectivity index (χ1) is 12.7. The largest absolute Gasteiger partial charge is 0.274 e. The van der Waals surface area contributed by atoms with Crippen molar-refractivity contribution < 1.29 is 9.59 Å². The summed E-state index contributed by atoms with van der Waals surface area (Å²) in [4.78, 5) is 27.1. The van der Waals surface area contributed by atoms with Crippen molar-refractivity contribution >= 4 is 57.9 Å². The van der Waals surface area contributed by atoms with Gasteiger partial charge < -0.3 is 0 Å². The molecule has 3 rings (SSSR count). The van der Waals surface area contributed by atoms with E-state index in [1.165, 1.54) is 16.7 Å². The Morgan fingerprint density at radius 2 is 2.11 bits per heavy atom. The number of nitrogens with zero attached hydrogens (tertiary/aromatic N) is 2. The molecule has 1 saturated carbocycles. The van der Waals surface area contributed by atoms with Crippen molar-refractivity contribution in [2.45, 2.75) is 33.6 Å². The van der Waals surface area contributed by atoms with Crippen LogP contribution in [0.4, 0.5) is 0 Å². The molecule has 1 aromatic carbocycles. The van der Waals surface area contributed by atoms with Crippen LogP contribution < -0.4 is 5.43 Å². The van der Waals surface area contributed by atoms with Gasteiger partial charge in [-0.1, -0.05) is 74.6 Å². The number of likely N-dealkylation sites (tertiary alicyclic amines) is 1. The van der Waals surface area contributed by atoms with Crippen molar-refractivity contribution in [2.75, 3.05) is 5.88 Å². The number of halogens is 1. The average Bonchev–Trinajstić information content (AvgIpc) is 2.80. The molecule has 0 aromatic heterocycles. The van der Waals surface area contributed by atoms with E-state index in [2.05, 4.69) is 10.5 Å². The van der Waals surface area contributed by atoms with Crippen molar-refractivity contribution in [2.24, 2.45) is 21.8 Å². The quantitative estimate of drug-likeness (QED) is 0.342. The minimum absolute atomic E-state index is 0.0881. The van der Waals surface area contributed by atoms with Crippen LogP contribution in [0.25, 0.3) is 0 Å². The Bertz CT molecular complexity index is 827. The molecule has 1 aromatic rings. The number of fused-ring (bicyclic) bond motifs is 2. The van der Waals surface area contributed by atoms with Gasteiger partial charge >= 0.3 is 0 Å². The minimum Gasteiger partial charge on any atom is -0.274 e. The number of amides is 2. The number of hydrogen-bond donors (Lipinski definition) is 1. The van der Waals surface area contributed by atoms with Crippen LogP contribution in [0, 0.1) is 16.7 Å². The summed E-state index contributed by atoms with van der Waals surface area (Å²) in [6.45, 7) is 6.03. The lowest BCUT2D eigenvalue weighted by molar-refractivity contribution is -0.166. The highest BCUT2D eigenvalue weighted by Gasteiger charge is 2.64. The fourth-order valence-corrected chi connectivity index (χ4v) is 4.92. The third-order valence-corrected chi connectivity index (χ3v) is 7.63. The highest BCUT2D eigenvalue weighted by molar-refractivity contribution is 8.22. The van der Waals surface area contributed by atoms with E-state index in [0.717, 1.165) is 18.4 Å². The van der Waals surface area contributed by atoms with Crippen molar-refractivity contribution in [1.82, 2.24) is 10.3 Å². The zero-order valence-corrected chi connectivity index (χ0v) is 17.9. The summed E-state index contributed by atoms with van der Waals surface area (Å²) in [6, 6.07) is 7.33. The number of thioether (sulfide) groups is 1. The standard InChI is InChI=1S/C19H22ClN3O2S2/c1-18(2)13-8-9-19(18,3)16(25)23(15(13)24)11-27-17(26)22-21-10-12-6-4-5-7-14(12)20/h4-7,10,13H,8-9,11H2,1-3H3,(H,22,26)/t13-,19+/m1/s1. The zero-order chi connectivity index (χ0) is 19.8. The van der Waals surface area contributed by atoms with Crippen LogP contribution >= 0.6 is 35.6 Å². The molecule has 1 heterocycles. The van der Waals surface area contributed by atoms with Gasteiger partial charge in [0, 0.05) is 16.5 Å². The molecule has 2 fully saturated rings. The molecule has 1 N–H and O–H groups in total. The molecule has 8 heteroatoms. The van der Waals surface area contributed by atoms with Crippen LogP contribution in [0.15, 0.2) is 29.4 Å². The molecular formula is C19H22ClN3O2S2. The Morgan fingerprint density at radius 3 is 2.81 bits per heavy atom. The maximum absolute atomic E-state index is 13.0. The first-order valence-electron chi connectivity index (χ1n) is 8.74. The van der Waals surface area contributed by atoms with Crippen LogP contribution in [-0.2, 0) is 9.59 Å². The summed E-state index contributed by atoms with van der Waals surface area (Å²) in [6.07, 6.45) is 3.09. The monoisotopic (exact) mass is 423 g/mol. The van der Waals surface area contributed by atoms with Gasteiger partial charge in [0.05, 0.1) is 17.5 Å². The summed E-state index contributed by atoms with van der Waals surface area (Å²) < 4.78 is 0.390. The fourth-order valence-electron chi connectivity index (χ4n) is 3.91. The molecule has 2 bridgehead atoms. The van der Waals surface area contributed by atoms with Crippen molar-refractivity contribution in [3.05, 3.63) is 34.9 Å². The molecule has 5 nitrogen and oxygen atoms in total. The number of carbonyl (C=O) groups is 2. The first kappa shape index (κ1) is 20.3. The topological polar surface area (TPSA) is 61.8 Å². The number of nitrogens with one attached hydrogen (secondary N) is 1. The first-order valence-corrected chi connectivity index (χ1v) is 10.5. The summed E-state index contributed by atoms with van der Waals surface area (Å²) in [7, 11) is 0. The fraction of sp³-hybridized carbons (Fsp3) is 0.474. The molecule has 0 spiro atoms. The Hall–Kier alpha value is -1.44. The Morgan fingerprint density at radius 1 is 1.41 bits per heavy atom. The second-order valence-corrected chi connectivity index (χ2v) is 9.70. The summed E-state index contributed by atoms with van der Waals surface area (Å²) in [5, 5.41) is 4.67. The highest BCUT2D eigenvalue weighted by Crippen LogP contribution is 2.60. The maximum atomic E-state index is 13.0. The Labute approximate surface area is 173 Å². The van der Waals surface area contributed by atoms with Gasteiger partial charge in [0.15, 0.2) is 4.32 Å². The number of thiocarbonyl (C=S) groups is 1. The molecule has 1 aliphatic carbocycles. The molecule has 27 heavy (non-hydrogen) atoms. The van der Waals surface area contributed by atoms with Crippen molar-refractivity contribution in [3.8, 4) is 0 Å². The number of benzene rings is 1. The number of rotatable bonds is 4. The lowest BCUT2D eigenvalue weighted by Crippen LogP contribution is -2.58. The number of piperidine rings is 1. The molecule has 1 saturated heterocycles. The predicted molar refractivity (Wildman–Crippen MR) is 114 cm³/mol. The van der Waals surface area contributed by atoms with Gasteiger partial charge in [-0.15, -0.1) is 0 Å². The maximum Gasteiger partial charge on any atom is 0.236 e. The molecule has 144 valence electrons. The molecule has 2 amide bonds. The SMILES string of the molecule is CC1(C)[C@@H]2CC[C@@]1(C)C(=O)N(CSC(=S)NN=Cc1ccccc1Cl)C2=O. The number of imide groups is 1. The third kappa shape index (κ3) is 3.52. The van der Waals surface area contributed by atoms with E-state index in [-0.39, 0.29) is 29.0 Å². The van der Waals surface area contributed by atoms with Gasteiger partial charge in [0.25, 0.3) is 0 Å². The Balaban J connectivity index is 1.59. The van der Waals surface area contributed by atoms with E-state index in [0.29, 0.717) is 9.34 Å².